The maximum absolute atomic E-state index is 8.96. The van der Waals surface area contributed by atoms with Gasteiger partial charge in [0.05, 0.1) is 41.5 Å². The Morgan fingerprint density at radius 3 is 2.16 bits per heavy atom. The number of hydrogen-bond donors (Lipinski definition) is 1. The van der Waals surface area contributed by atoms with Crippen LogP contribution in [0.4, 0.5) is 0 Å². The highest BCUT2D eigenvalue weighted by Crippen LogP contribution is 2.23. The fourth-order valence-electron chi connectivity index (χ4n) is 2.64. The highest BCUT2D eigenvalue weighted by atomic mass is 14.9. The molecule has 0 saturated heterocycles. The minimum Gasteiger partial charge on any atom is -0.345 e. The lowest BCUT2D eigenvalue weighted by Gasteiger charge is -2.07. The minimum absolute atomic E-state index is 0.644. The summed E-state index contributed by atoms with van der Waals surface area (Å²) < 4.78 is 0. The SMILES string of the molecule is N#Cc1ccc(CC/C=C(/c2ccc(C#N)cc2)c2cnc[nH]2)cc1. The summed E-state index contributed by atoms with van der Waals surface area (Å²) in [5.74, 6) is 0. The highest BCUT2D eigenvalue weighted by Gasteiger charge is 2.06. The van der Waals surface area contributed by atoms with Gasteiger partial charge in [-0.05, 0) is 48.2 Å². The fraction of sp³-hybridized carbons (Fsp3) is 0.0952. The minimum atomic E-state index is 0.644. The molecule has 0 amide bonds. The molecular formula is C21H16N4. The van der Waals surface area contributed by atoms with Crippen LogP contribution in [0.5, 0.6) is 0 Å². The number of aromatic nitrogens is 2. The quantitative estimate of drug-likeness (QED) is 0.763. The third-order valence-electron chi connectivity index (χ3n) is 3.98. The monoisotopic (exact) mass is 324 g/mol. The molecule has 120 valence electrons. The molecule has 0 unspecified atom stereocenters. The number of nitrogens with zero attached hydrogens (tertiary/aromatic N) is 3. The van der Waals surface area contributed by atoms with Gasteiger partial charge in [0.15, 0.2) is 0 Å². The molecule has 0 aliphatic heterocycles. The van der Waals surface area contributed by atoms with E-state index in [2.05, 4.69) is 28.2 Å². The highest BCUT2D eigenvalue weighted by molar-refractivity contribution is 5.77. The summed E-state index contributed by atoms with van der Waals surface area (Å²) in [6, 6.07) is 19.5. The normalized spacial score (nSPS) is 10.9. The van der Waals surface area contributed by atoms with Crippen molar-refractivity contribution in [2.75, 3.05) is 0 Å². The average Bonchev–Trinajstić information content (AvgIpc) is 3.20. The predicted octanol–water partition coefficient (Wildman–Crippen LogP) is 4.22. The number of hydrogen-bond acceptors (Lipinski definition) is 3. The number of H-pyrrole nitrogens is 1. The van der Waals surface area contributed by atoms with Crippen molar-refractivity contribution in [2.45, 2.75) is 12.8 Å². The van der Waals surface area contributed by atoms with Gasteiger partial charge in [-0.1, -0.05) is 30.3 Å². The summed E-state index contributed by atoms with van der Waals surface area (Å²) in [6.45, 7) is 0. The van der Waals surface area contributed by atoms with Gasteiger partial charge in [-0.2, -0.15) is 10.5 Å². The number of nitriles is 2. The number of imidazole rings is 1. The lowest BCUT2D eigenvalue weighted by atomic mass is 9.99. The van der Waals surface area contributed by atoms with E-state index >= 15 is 0 Å². The van der Waals surface area contributed by atoms with E-state index < -0.39 is 0 Å². The van der Waals surface area contributed by atoms with E-state index in [0.717, 1.165) is 29.7 Å². The van der Waals surface area contributed by atoms with Gasteiger partial charge in [0.2, 0.25) is 0 Å². The van der Waals surface area contributed by atoms with E-state index in [1.165, 1.54) is 5.56 Å². The van der Waals surface area contributed by atoms with Crippen LogP contribution in [0.2, 0.25) is 0 Å². The van der Waals surface area contributed by atoms with E-state index in [1.807, 2.05) is 48.5 Å². The Balaban J connectivity index is 1.80. The predicted molar refractivity (Wildman–Crippen MR) is 96.3 cm³/mol. The van der Waals surface area contributed by atoms with Crippen molar-refractivity contribution in [3.8, 4) is 12.1 Å². The van der Waals surface area contributed by atoms with E-state index in [-0.39, 0.29) is 0 Å². The van der Waals surface area contributed by atoms with E-state index in [1.54, 1.807) is 12.5 Å². The van der Waals surface area contributed by atoms with Crippen LogP contribution in [0.1, 0.15) is 34.4 Å². The van der Waals surface area contributed by atoms with Crippen LogP contribution in [0, 0.1) is 22.7 Å². The Labute approximate surface area is 146 Å². The van der Waals surface area contributed by atoms with Gasteiger partial charge in [-0.25, -0.2) is 4.98 Å². The van der Waals surface area contributed by atoms with Crippen molar-refractivity contribution in [2.24, 2.45) is 0 Å². The van der Waals surface area contributed by atoms with Crippen molar-refractivity contribution in [3.63, 3.8) is 0 Å². The summed E-state index contributed by atoms with van der Waals surface area (Å²) >= 11 is 0. The van der Waals surface area contributed by atoms with Crippen molar-refractivity contribution in [3.05, 3.63) is 95.1 Å². The molecule has 4 nitrogen and oxygen atoms in total. The number of benzene rings is 2. The van der Waals surface area contributed by atoms with Gasteiger partial charge in [0.1, 0.15) is 0 Å². The molecule has 3 aromatic rings. The summed E-state index contributed by atoms with van der Waals surface area (Å²) in [6.07, 6.45) is 7.38. The molecule has 0 saturated carbocycles. The standard InChI is InChI=1S/C21H16N4/c22-12-17-6-4-16(5-7-17)2-1-3-20(21-14-24-15-25-21)19-10-8-18(13-23)9-11-19/h3-11,14-15H,1-2H2,(H,24,25)/b20-3-. The molecule has 0 aliphatic carbocycles. The number of rotatable bonds is 5. The maximum Gasteiger partial charge on any atom is 0.0991 e. The Hall–Kier alpha value is -3.63. The van der Waals surface area contributed by atoms with Crippen LogP contribution in [0.25, 0.3) is 5.57 Å². The lowest BCUT2D eigenvalue weighted by Crippen LogP contribution is -1.91. The first-order chi connectivity index (χ1) is 12.3. The summed E-state index contributed by atoms with van der Waals surface area (Å²) in [7, 11) is 0. The molecule has 0 fully saturated rings. The van der Waals surface area contributed by atoms with E-state index in [9.17, 15) is 0 Å². The number of nitrogens with one attached hydrogen (secondary N) is 1. The fourth-order valence-corrected chi connectivity index (χ4v) is 2.64. The number of allylic oxidation sites excluding steroid dienone is 1. The third-order valence-corrected chi connectivity index (χ3v) is 3.98. The van der Waals surface area contributed by atoms with Crippen molar-refractivity contribution in [1.29, 1.82) is 10.5 Å². The Morgan fingerprint density at radius 1 is 0.960 bits per heavy atom. The topological polar surface area (TPSA) is 76.3 Å². The Morgan fingerprint density at radius 2 is 1.60 bits per heavy atom. The third kappa shape index (κ3) is 4.02. The molecule has 0 spiro atoms. The van der Waals surface area contributed by atoms with Gasteiger partial charge in [0, 0.05) is 5.57 Å². The maximum atomic E-state index is 8.96. The first-order valence-corrected chi connectivity index (χ1v) is 7.98. The molecule has 1 aromatic heterocycles. The summed E-state index contributed by atoms with van der Waals surface area (Å²) in [4.78, 5) is 7.26. The van der Waals surface area contributed by atoms with Gasteiger partial charge >= 0.3 is 0 Å². The number of aryl methyl sites for hydroxylation is 1. The molecule has 0 atom stereocenters. The van der Waals surface area contributed by atoms with Crippen molar-refractivity contribution >= 4 is 5.57 Å². The molecule has 4 heteroatoms. The van der Waals surface area contributed by atoms with Crippen LogP contribution < -0.4 is 0 Å². The van der Waals surface area contributed by atoms with Crippen LogP contribution in [0.15, 0.2) is 67.1 Å². The van der Waals surface area contributed by atoms with Crippen LogP contribution in [0.3, 0.4) is 0 Å². The van der Waals surface area contributed by atoms with Crippen molar-refractivity contribution in [1.82, 2.24) is 9.97 Å². The van der Waals surface area contributed by atoms with Crippen LogP contribution in [-0.2, 0) is 6.42 Å². The Bertz CT molecular complexity index is 935. The second kappa shape index (κ2) is 7.77. The van der Waals surface area contributed by atoms with Crippen LogP contribution in [-0.4, -0.2) is 9.97 Å². The smallest absolute Gasteiger partial charge is 0.0991 e. The zero-order valence-corrected chi connectivity index (χ0v) is 13.6. The van der Waals surface area contributed by atoms with E-state index in [4.69, 9.17) is 10.5 Å². The van der Waals surface area contributed by atoms with E-state index in [0.29, 0.717) is 11.1 Å². The van der Waals surface area contributed by atoms with Gasteiger partial charge in [-0.15, -0.1) is 0 Å². The summed E-state index contributed by atoms with van der Waals surface area (Å²) in [5.41, 5.74) is 5.57. The second-order valence-corrected chi connectivity index (χ2v) is 5.62. The second-order valence-electron chi connectivity index (χ2n) is 5.62. The Kier molecular flexibility index (Phi) is 5.04. The zero-order chi connectivity index (χ0) is 17.5. The molecule has 1 N–H and O–H groups in total. The molecule has 2 aromatic carbocycles. The number of aromatic amines is 1. The zero-order valence-electron chi connectivity index (χ0n) is 13.6. The van der Waals surface area contributed by atoms with Crippen molar-refractivity contribution < 1.29 is 0 Å². The molecule has 0 bridgehead atoms. The molecular weight excluding hydrogens is 308 g/mol. The molecule has 3 rings (SSSR count). The first-order valence-electron chi connectivity index (χ1n) is 7.98. The lowest BCUT2D eigenvalue weighted by molar-refractivity contribution is 1.00. The van der Waals surface area contributed by atoms with Gasteiger partial charge in [-0.3, -0.25) is 0 Å². The average molecular weight is 324 g/mol. The van der Waals surface area contributed by atoms with Gasteiger partial charge in [0.25, 0.3) is 0 Å². The summed E-state index contributed by atoms with van der Waals surface area (Å²) in [5, 5.41) is 17.8. The molecule has 0 aliphatic rings. The molecule has 0 radical (unpaired) electrons. The first kappa shape index (κ1) is 16.2. The molecule has 25 heavy (non-hydrogen) atoms. The largest absolute Gasteiger partial charge is 0.345 e. The molecule has 1 heterocycles. The van der Waals surface area contributed by atoms with Crippen LogP contribution >= 0.6 is 0 Å². The van der Waals surface area contributed by atoms with Gasteiger partial charge < -0.3 is 4.98 Å².